The molecule has 1 aliphatic rings. The van der Waals surface area contributed by atoms with Gasteiger partial charge in [0.15, 0.2) is 5.76 Å². The summed E-state index contributed by atoms with van der Waals surface area (Å²) in [4.78, 5) is 28.6. The number of nitrogens with one attached hydrogen (secondary N) is 1. The van der Waals surface area contributed by atoms with Crippen LogP contribution in [0.5, 0.6) is 0 Å². The molecule has 2 N–H and O–H groups in total. The molecule has 2 aromatic heterocycles. The smallest absolute Gasteiger partial charge is 0.306 e. The number of carbonyl (C=O) groups excluding carboxylic acids is 1. The molecule has 6 nitrogen and oxygen atoms in total. The van der Waals surface area contributed by atoms with E-state index in [4.69, 9.17) is 9.52 Å². The second kappa shape index (κ2) is 6.63. The van der Waals surface area contributed by atoms with Gasteiger partial charge in [-0.05, 0) is 43.5 Å². The fourth-order valence-corrected chi connectivity index (χ4v) is 3.51. The van der Waals surface area contributed by atoms with E-state index in [0.717, 1.165) is 5.39 Å². The lowest BCUT2D eigenvalue weighted by Gasteiger charge is -2.14. The second-order valence-corrected chi connectivity index (χ2v) is 6.57. The van der Waals surface area contributed by atoms with Crippen LogP contribution in [0.2, 0.25) is 0 Å². The largest absolute Gasteiger partial charge is 0.481 e. The Morgan fingerprint density at radius 2 is 2.00 bits per heavy atom. The van der Waals surface area contributed by atoms with Crippen molar-refractivity contribution in [1.29, 1.82) is 0 Å². The molecule has 1 amide bonds. The molecule has 1 aromatic carbocycles. The van der Waals surface area contributed by atoms with Gasteiger partial charge in [-0.2, -0.15) is 0 Å². The number of benzene rings is 1. The first-order valence-corrected chi connectivity index (χ1v) is 8.59. The van der Waals surface area contributed by atoms with Crippen molar-refractivity contribution in [3.63, 3.8) is 0 Å². The third kappa shape index (κ3) is 3.06. The summed E-state index contributed by atoms with van der Waals surface area (Å²) >= 11 is 0. The molecule has 132 valence electrons. The molecule has 4 rings (SSSR count). The summed E-state index contributed by atoms with van der Waals surface area (Å²) < 4.78 is 5.42. The van der Waals surface area contributed by atoms with Gasteiger partial charge in [0.25, 0.3) is 5.91 Å². The number of para-hydroxylation sites is 1. The van der Waals surface area contributed by atoms with E-state index in [9.17, 15) is 9.59 Å². The van der Waals surface area contributed by atoms with Gasteiger partial charge >= 0.3 is 5.97 Å². The van der Waals surface area contributed by atoms with E-state index in [2.05, 4.69) is 10.3 Å². The Balaban J connectivity index is 1.66. The van der Waals surface area contributed by atoms with Crippen molar-refractivity contribution in [3.05, 3.63) is 54.3 Å². The van der Waals surface area contributed by atoms with Crippen LogP contribution in [0.1, 0.15) is 29.6 Å². The molecule has 26 heavy (non-hydrogen) atoms. The minimum Gasteiger partial charge on any atom is -0.481 e. The summed E-state index contributed by atoms with van der Waals surface area (Å²) in [5.74, 6) is -0.798. The summed E-state index contributed by atoms with van der Waals surface area (Å²) in [5.41, 5.74) is 1.82. The van der Waals surface area contributed by atoms with E-state index in [1.165, 1.54) is 0 Å². The average Bonchev–Trinajstić information content (AvgIpc) is 3.32. The lowest BCUT2D eigenvalue weighted by Crippen LogP contribution is -2.33. The number of carbonyl (C=O) groups is 2. The minimum atomic E-state index is -0.795. The van der Waals surface area contributed by atoms with E-state index in [1.54, 1.807) is 24.5 Å². The molecule has 1 aliphatic carbocycles. The fourth-order valence-electron chi connectivity index (χ4n) is 3.51. The predicted molar refractivity (Wildman–Crippen MR) is 95.7 cm³/mol. The van der Waals surface area contributed by atoms with Gasteiger partial charge in [-0.3, -0.25) is 9.59 Å². The summed E-state index contributed by atoms with van der Waals surface area (Å²) in [6.07, 6.45) is 3.30. The van der Waals surface area contributed by atoms with Crippen LogP contribution in [0, 0.1) is 5.92 Å². The Labute approximate surface area is 149 Å². The first kappa shape index (κ1) is 16.3. The first-order valence-electron chi connectivity index (χ1n) is 8.59. The number of pyridine rings is 1. The summed E-state index contributed by atoms with van der Waals surface area (Å²) in [5, 5.41) is 12.9. The molecule has 6 heteroatoms. The molecule has 0 radical (unpaired) electrons. The maximum Gasteiger partial charge on any atom is 0.306 e. The number of amides is 1. The lowest BCUT2D eigenvalue weighted by atomic mass is 10.0. The van der Waals surface area contributed by atoms with Crippen LogP contribution >= 0.6 is 0 Å². The van der Waals surface area contributed by atoms with Crippen LogP contribution in [0.3, 0.4) is 0 Å². The van der Waals surface area contributed by atoms with Gasteiger partial charge < -0.3 is 14.8 Å². The van der Waals surface area contributed by atoms with Crippen molar-refractivity contribution in [2.75, 3.05) is 0 Å². The Morgan fingerprint density at radius 1 is 1.15 bits per heavy atom. The summed E-state index contributed by atoms with van der Waals surface area (Å²) in [6, 6.07) is 12.6. The highest BCUT2D eigenvalue weighted by Gasteiger charge is 2.31. The molecule has 0 saturated heterocycles. The average molecular weight is 350 g/mol. The predicted octanol–water partition coefficient (Wildman–Crippen LogP) is 3.48. The number of fused-ring (bicyclic) bond motifs is 1. The zero-order valence-corrected chi connectivity index (χ0v) is 14.0. The maximum absolute atomic E-state index is 12.9. The van der Waals surface area contributed by atoms with E-state index in [-0.39, 0.29) is 17.9 Å². The van der Waals surface area contributed by atoms with Crippen LogP contribution < -0.4 is 5.32 Å². The molecule has 0 bridgehead atoms. The fraction of sp³-hybridized carbons (Fsp3) is 0.250. The monoisotopic (exact) mass is 350 g/mol. The number of aliphatic carboxylic acids is 1. The zero-order valence-electron chi connectivity index (χ0n) is 14.0. The number of hydrogen-bond acceptors (Lipinski definition) is 4. The van der Waals surface area contributed by atoms with Crippen LogP contribution in [0.15, 0.2) is 53.1 Å². The number of furan rings is 1. The van der Waals surface area contributed by atoms with Crippen molar-refractivity contribution in [3.8, 4) is 11.5 Å². The van der Waals surface area contributed by atoms with Gasteiger partial charge in [0, 0.05) is 11.4 Å². The van der Waals surface area contributed by atoms with Crippen molar-refractivity contribution in [1.82, 2.24) is 10.3 Å². The van der Waals surface area contributed by atoms with E-state index >= 15 is 0 Å². The molecule has 2 atom stereocenters. The zero-order chi connectivity index (χ0) is 18.1. The van der Waals surface area contributed by atoms with E-state index in [1.807, 2.05) is 24.3 Å². The maximum atomic E-state index is 12.9. The Morgan fingerprint density at radius 3 is 2.73 bits per heavy atom. The normalized spacial score (nSPS) is 19.5. The number of carboxylic acid groups (broad SMARTS) is 1. The van der Waals surface area contributed by atoms with Gasteiger partial charge in [0.2, 0.25) is 0 Å². The Bertz CT molecular complexity index is 965. The highest BCUT2D eigenvalue weighted by molar-refractivity contribution is 6.07. The molecule has 1 saturated carbocycles. The first-order chi connectivity index (χ1) is 12.6. The standard InChI is InChI=1S/C20H18N2O4/c23-19(21-13-8-7-12(10-13)20(24)25)15-11-17(18-6-3-9-26-18)22-16-5-2-1-4-14(15)16/h1-6,9,11-13H,7-8,10H2,(H,21,23)(H,24,25)/t12-,13+/m0/s1. The molecule has 0 aliphatic heterocycles. The molecule has 3 aromatic rings. The molecule has 2 heterocycles. The van der Waals surface area contributed by atoms with E-state index < -0.39 is 5.97 Å². The molecule has 0 unspecified atom stereocenters. The van der Waals surface area contributed by atoms with Gasteiger partial charge in [0.05, 0.1) is 23.3 Å². The topological polar surface area (TPSA) is 92.4 Å². The quantitative estimate of drug-likeness (QED) is 0.751. The van der Waals surface area contributed by atoms with Crippen molar-refractivity contribution < 1.29 is 19.1 Å². The molecule has 0 spiro atoms. The minimum absolute atomic E-state index is 0.123. The summed E-state index contributed by atoms with van der Waals surface area (Å²) in [7, 11) is 0. The second-order valence-electron chi connectivity index (χ2n) is 6.57. The van der Waals surface area contributed by atoms with Crippen molar-refractivity contribution in [2.24, 2.45) is 5.92 Å². The molecule has 1 fully saturated rings. The van der Waals surface area contributed by atoms with Crippen LogP contribution in [0.25, 0.3) is 22.4 Å². The van der Waals surface area contributed by atoms with Gasteiger partial charge in [-0.25, -0.2) is 4.98 Å². The highest BCUT2D eigenvalue weighted by Crippen LogP contribution is 2.28. The third-order valence-electron chi connectivity index (χ3n) is 4.85. The van der Waals surface area contributed by atoms with Crippen LogP contribution in [-0.2, 0) is 4.79 Å². The van der Waals surface area contributed by atoms with Gasteiger partial charge in [-0.15, -0.1) is 0 Å². The molecular weight excluding hydrogens is 332 g/mol. The third-order valence-corrected chi connectivity index (χ3v) is 4.85. The lowest BCUT2D eigenvalue weighted by molar-refractivity contribution is -0.141. The Kier molecular flexibility index (Phi) is 4.16. The highest BCUT2D eigenvalue weighted by atomic mass is 16.4. The van der Waals surface area contributed by atoms with Crippen LogP contribution in [-0.4, -0.2) is 28.0 Å². The van der Waals surface area contributed by atoms with Crippen molar-refractivity contribution in [2.45, 2.75) is 25.3 Å². The Hall–Kier alpha value is -3.15. The van der Waals surface area contributed by atoms with Gasteiger partial charge in [-0.1, -0.05) is 18.2 Å². The van der Waals surface area contributed by atoms with Crippen molar-refractivity contribution >= 4 is 22.8 Å². The number of rotatable bonds is 4. The number of carboxylic acids is 1. The van der Waals surface area contributed by atoms with Gasteiger partial charge in [0.1, 0.15) is 5.69 Å². The SMILES string of the molecule is O=C(N[C@@H]1CC[C@H](C(=O)O)C1)c1cc(-c2ccco2)nc2ccccc12. The number of nitrogens with zero attached hydrogens (tertiary/aromatic N) is 1. The molecular formula is C20H18N2O4. The number of aromatic nitrogens is 1. The van der Waals surface area contributed by atoms with Crippen LogP contribution in [0.4, 0.5) is 0 Å². The van der Waals surface area contributed by atoms with E-state index in [0.29, 0.717) is 41.8 Å². The number of hydrogen-bond donors (Lipinski definition) is 2. The summed E-state index contributed by atoms with van der Waals surface area (Å²) in [6.45, 7) is 0.